The Morgan fingerprint density at radius 1 is 1.25 bits per heavy atom. The monoisotopic (exact) mass is 392 g/mol. The van der Waals surface area contributed by atoms with Crippen LogP contribution in [0.15, 0.2) is 28.7 Å². The van der Waals surface area contributed by atoms with E-state index in [-0.39, 0.29) is 5.91 Å². The molecule has 6 heteroatoms. The molecular weight excluding hydrogens is 368 g/mol. The van der Waals surface area contributed by atoms with Gasteiger partial charge in [-0.15, -0.1) is 0 Å². The van der Waals surface area contributed by atoms with Crippen molar-refractivity contribution in [1.29, 1.82) is 0 Å². The highest BCUT2D eigenvalue weighted by molar-refractivity contribution is 9.10. The third kappa shape index (κ3) is 4.92. The third-order valence-corrected chi connectivity index (χ3v) is 4.34. The van der Waals surface area contributed by atoms with Gasteiger partial charge in [-0.1, -0.05) is 35.0 Å². The average molecular weight is 393 g/mol. The van der Waals surface area contributed by atoms with Gasteiger partial charge in [0, 0.05) is 23.3 Å². The highest BCUT2D eigenvalue weighted by atomic mass is 79.9. The van der Waals surface area contributed by atoms with Crippen LogP contribution in [0.25, 0.3) is 0 Å². The van der Waals surface area contributed by atoms with Crippen LogP contribution in [0.3, 0.4) is 0 Å². The number of carbonyl (C=O) groups is 1. The molecule has 0 aliphatic rings. The molecule has 1 amide bonds. The number of carbonyl (C=O) groups excluding carboxylic acids is 1. The van der Waals surface area contributed by atoms with Crippen LogP contribution in [0.2, 0.25) is 0 Å². The summed E-state index contributed by atoms with van der Waals surface area (Å²) in [6, 6.07) is 8.12. The maximum Gasteiger partial charge on any atom is 0.255 e. The summed E-state index contributed by atoms with van der Waals surface area (Å²) in [5, 5.41) is 10.8. The van der Waals surface area contributed by atoms with Gasteiger partial charge in [-0.2, -0.15) is 5.10 Å². The average Bonchev–Trinajstić information content (AvgIpc) is 2.81. The molecule has 0 radical (unpaired) electrons. The Morgan fingerprint density at radius 3 is 2.75 bits per heavy atom. The standard InChI is InChI=1S/C18H25BrN4O/c1-4-8-20-9-10-21-18(24)17-13(2)22-23(14(17)3)12-15-6-5-7-16(19)11-15/h5-7,11,20H,4,8-10,12H2,1-3H3,(H,21,24). The number of halogens is 1. The van der Waals surface area contributed by atoms with Gasteiger partial charge in [0.25, 0.3) is 5.91 Å². The minimum Gasteiger partial charge on any atom is -0.351 e. The number of rotatable bonds is 8. The number of nitrogens with one attached hydrogen (secondary N) is 2. The van der Waals surface area contributed by atoms with Crippen molar-refractivity contribution in [3.63, 3.8) is 0 Å². The lowest BCUT2D eigenvalue weighted by molar-refractivity contribution is 0.0952. The molecule has 0 aliphatic heterocycles. The summed E-state index contributed by atoms with van der Waals surface area (Å²) in [5.41, 5.74) is 3.49. The Labute approximate surface area is 152 Å². The Kier molecular flexibility index (Phi) is 6.99. The van der Waals surface area contributed by atoms with E-state index in [0.717, 1.165) is 40.9 Å². The molecule has 0 unspecified atom stereocenters. The number of aryl methyl sites for hydroxylation is 1. The van der Waals surface area contributed by atoms with Crippen molar-refractivity contribution in [2.75, 3.05) is 19.6 Å². The zero-order chi connectivity index (χ0) is 17.5. The highest BCUT2D eigenvalue weighted by Gasteiger charge is 2.18. The van der Waals surface area contributed by atoms with Crippen molar-refractivity contribution in [3.8, 4) is 0 Å². The smallest absolute Gasteiger partial charge is 0.255 e. The fourth-order valence-corrected chi connectivity index (χ4v) is 3.09. The lowest BCUT2D eigenvalue weighted by atomic mass is 10.1. The molecule has 0 saturated carbocycles. The van der Waals surface area contributed by atoms with E-state index >= 15 is 0 Å². The fourth-order valence-electron chi connectivity index (χ4n) is 2.64. The lowest BCUT2D eigenvalue weighted by Gasteiger charge is -2.08. The number of nitrogens with zero attached hydrogens (tertiary/aromatic N) is 2. The SMILES string of the molecule is CCCNCCNC(=O)c1c(C)nn(Cc2cccc(Br)c2)c1C. The first-order chi connectivity index (χ1) is 11.5. The van der Waals surface area contributed by atoms with E-state index in [0.29, 0.717) is 18.7 Å². The second-order valence-electron chi connectivity index (χ2n) is 5.84. The van der Waals surface area contributed by atoms with Crippen LogP contribution in [-0.2, 0) is 6.54 Å². The van der Waals surface area contributed by atoms with Crippen LogP contribution in [-0.4, -0.2) is 35.3 Å². The number of benzene rings is 1. The van der Waals surface area contributed by atoms with Crippen molar-refractivity contribution in [1.82, 2.24) is 20.4 Å². The van der Waals surface area contributed by atoms with E-state index < -0.39 is 0 Å². The summed E-state index contributed by atoms with van der Waals surface area (Å²) in [4.78, 5) is 12.4. The minimum absolute atomic E-state index is 0.0520. The van der Waals surface area contributed by atoms with E-state index in [2.05, 4.69) is 50.7 Å². The van der Waals surface area contributed by atoms with Crippen LogP contribution >= 0.6 is 15.9 Å². The van der Waals surface area contributed by atoms with Gasteiger partial charge in [0.05, 0.1) is 17.8 Å². The van der Waals surface area contributed by atoms with Crippen molar-refractivity contribution in [2.45, 2.75) is 33.7 Å². The number of hydrogen-bond acceptors (Lipinski definition) is 3. The number of hydrogen-bond donors (Lipinski definition) is 2. The zero-order valence-electron chi connectivity index (χ0n) is 14.5. The molecule has 24 heavy (non-hydrogen) atoms. The summed E-state index contributed by atoms with van der Waals surface area (Å²) in [7, 11) is 0. The Hall–Kier alpha value is -1.66. The lowest BCUT2D eigenvalue weighted by Crippen LogP contribution is -2.32. The molecule has 1 heterocycles. The summed E-state index contributed by atoms with van der Waals surface area (Å²) in [6.45, 7) is 8.98. The molecule has 2 N–H and O–H groups in total. The van der Waals surface area contributed by atoms with E-state index in [1.807, 2.05) is 30.7 Å². The van der Waals surface area contributed by atoms with E-state index in [1.165, 1.54) is 0 Å². The summed E-state index contributed by atoms with van der Waals surface area (Å²) >= 11 is 3.48. The topological polar surface area (TPSA) is 58.9 Å². The van der Waals surface area contributed by atoms with Gasteiger partial charge >= 0.3 is 0 Å². The zero-order valence-corrected chi connectivity index (χ0v) is 16.1. The molecule has 0 atom stereocenters. The quantitative estimate of drug-likeness (QED) is 0.678. The largest absolute Gasteiger partial charge is 0.351 e. The normalized spacial score (nSPS) is 10.8. The van der Waals surface area contributed by atoms with E-state index in [9.17, 15) is 4.79 Å². The predicted octanol–water partition coefficient (Wildman–Crippen LogP) is 3.04. The second-order valence-corrected chi connectivity index (χ2v) is 6.75. The molecule has 0 fully saturated rings. The summed E-state index contributed by atoms with van der Waals surface area (Å²) in [5.74, 6) is -0.0520. The molecule has 0 saturated heterocycles. The minimum atomic E-state index is -0.0520. The first kappa shape index (κ1) is 18.7. The molecule has 5 nitrogen and oxygen atoms in total. The van der Waals surface area contributed by atoms with E-state index in [1.54, 1.807) is 0 Å². The van der Waals surface area contributed by atoms with Gasteiger partial charge in [0.1, 0.15) is 0 Å². The second kappa shape index (κ2) is 8.99. The third-order valence-electron chi connectivity index (χ3n) is 3.84. The summed E-state index contributed by atoms with van der Waals surface area (Å²) in [6.07, 6.45) is 1.09. The Morgan fingerprint density at radius 2 is 2.04 bits per heavy atom. The molecular formula is C18H25BrN4O. The van der Waals surface area contributed by atoms with Gasteiger partial charge in [-0.25, -0.2) is 0 Å². The van der Waals surface area contributed by atoms with Crippen LogP contribution in [0, 0.1) is 13.8 Å². The van der Waals surface area contributed by atoms with E-state index in [4.69, 9.17) is 0 Å². The summed E-state index contributed by atoms with van der Waals surface area (Å²) < 4.78 is 2.93. The van der Waals surface area contributed by atoms with Gasteiger partial charge < -0.3 is 10.6 Å². The Balaban J connectivity index is 2.04. The van der Waals surface area contributed by atoms with Crippen LogP contribution in [0.5, 0.6) is 0 Å². The first-order valence-corrected chi connectivity index (χ1v) is 9.09. The molecule has 1 aromatic carbocycles. The molecule has 2 aromatic rings. The van der Waals surface area contributed by atoms with Crippen molar-refractivity contribution < 1.29 is 4.79 Å². The number of aromatic nitrogens is 2. The van der Waals surface area contributed by atoms with Crippen LogP contribution in [0.1, 0.15) is 40.7 Å². The van der Waals surface area contributed by atoms with Gasteiger partial charge in [0.15, 0.2) is 0 Å². The maximum atomic E-state index is 12.4. The fraction of sp³-hybridized carbons (Fsp3) is 0.444. The highest BCUT2D eigenvalue weighted by Crippen LogP contribution is 2.17. The molecule has 0 spiro atoms. The molecule has 130 valence electrons. The van der Waals surface area contributed by atoms with Crippen molar-refractivity contribution in [3.05, 3.63) is 51.3 Å². The first-order valence-electron chi connectivity index (χ1n) is 8.30. The van der Waals surface area contributed by atoms with Crippen molar-refractivity contribution in [2.24, 2.45) is 0 Å². The molecule has 1 aromatic heterocycles. The van der Waals surface area contributed by atoms with Gasteiger partial charge in [0.2, 0.25) is 0 Å². The molecule has 0 bridgehead atoms. The maximum absolute atomic E-state index is 12.4. The van der Waals surface area contributed by atoms with Crippen molar-refractivity contribution >= 4 is 21.8 Å². The Bertz CT molecular complexity index is 696. The van der Waals surface area contributed by atoms with Gasteiger partial charge in [-0.3, -0.25) is 9.48 Å². The predicted molar refractivity (Wildman–Crippen MR) is 100 cm³/mol. The molecule has 2 rings (SSSR count). The number of amides is 1. The van der Waals surface area contributed by atoms with Gasteiger partial charge in [-0.05, 0) is 44.5 Å². The van der Waals surface area contributed by atoms with Crippen LogP contribution < -0.4 is 10.6 Å². The van der Waals surface area contributed by atoms with Crippen LogP contribution in [0.4, 0.5) is 0 Å². The molecule has 0 aliphatic carbocycles.